The number of sulfone groups is 2. The molecular weight excluding hydrogens is 861 g/mol. The first kappa shape index (κ1) is 43.0. The van der Waals surface area contributed by atoms with Gasteiger partial charge in [0.2, 0.25) is 19.7 Å². The van der Waals surface area contributed by atoms with E-state index < -0.39 is 19.7 Å². The Morgan fingerprint density at radius 1 is 0.308 bits per heavy atom. The molecular formula is C52H32N2O9S2. The molecule has 0 aliphatic heterocycles. The van der Waals surface area contributed by atoms with Gasteiger partial charge >= 0.3 is 0 Å². The molecule has 0 bridgehead atoms. The van der Waals surface area contributed by atoms with Crippen LogP contribution in [-0.4, -0.2) is 28.4 Å². The Morgan fingerprint density at radius 3 is 0.692 bits per heavy atom. The summed E-state index contributed by atoms with van der Waals surface area (Å²) in [5.41, 5.74) is 2.70. The first-order chi connectivity index (χ1) is 31.4. The van der Waals surface area contributed by atoms with Gasteiger partial charge in [0.05, 0.1) is 42.8 Å². The third-order valence-electron chi connectivity index (χ3n) is 10.0. The zero-order valence-corrected chi connectivity index (χ0v) is 35.5. The lowest BCUT2D eigenvalue weighted by atomic mass is 10.0. The van der Waals surface area contributed by atoms with Crippen LogP contribution < -0.4 is 14.2 Å². The topological polar surface area (TPSA) is 178 Å². The van der Waals surface area contributed by atoms with Gasteiger partial charge < -0.3 is 14.2 Å². The number of carbonyl (C=O) groups is 2. The van der Waals surface area contributed by atoms with E-state index in [1.807, 2.05) is 12.1 Å². The van der Waals surface area contributed by atoms with Gasteiger partial charge in [0.25, 0.3) is 0 Å². The van der Waals surface area contributed by atoms with Crippen LogP contribution in [0.5, 0.6) is 34.5 Å². The predicted octanol–water partition coefficient (Wildman–Crippen LogP) is 10.9. The molecule has 0 radical (unpaired) electrons. The minimum Gasteiger partial charge on any atom is -0.457 e. The van der Waals surface area contributed by atoms with Crippen molar-refractivity contribution < 1.29 is 40.6 Å². The van der Waals surface area contributed by atoms with E-state index in [0.29, 0.717) is 67.9 Å². The number of hydrogen-bond donors (Lipinski definition) is 0. The number of ether oxygens (including phenoxy) is 3. The van der Waals surface area contributed by atoms with E-state index >= 15 is 0 Å². The second-order valence-corrected chi connectivity index (χ2v) is 18.2. The molecule has 0 spiro atoms. The smallest absolute Gasteiger partial charge is 0.206 e. The van der Waals surface area contributed by atoms with Crippen LogP contribution in [-0.2, 0) is 19.7 Å². The summed E-state index contributed by atoms with van der Waals surface area (Å²) in [7, 11) is -7.81. The maximum Gasteiger partial charge on any atom is 0.206 e. The molecule has 11 nitrogen and oxygen atoms in total. The third-order valence-corrected chi connectivity index (χ3v) is 13.6. The Labute approximate surface area is 374 Å². The second kappa shape index (κ2) is 18.4. The third kappa shape index (κ3) is 9.73. The maximum atomic E-state index is 13.5. The van der Waals surface area contributed by atoms with Crippen molar-refractivity contribution in [1.29, 1.82) is 10.5 Å². The molecule has 0 aromatic heterocycles. The van der Waals surface area contributed by atoms with Crippen molar-refractivity contribution in [2.24, 2.45) is 0 Å². The number of rotatable bonds is 14. The van der Waals surface area contributed by atoms with E-state index in [1.54, 1.807) is 97.1 Å². The highest BCUT2D eigenvalue weighted by Crippen LogP contribution is 2.31. The lowest BCUT2D eigenvalue weighted by molar-refractivity contribution is 0.103. The summed E-state index contributed by atoms with van der Waals surface area (Å²) in [6.45, 7) is 0. The van der Waals surface area contributed by atoms with Crippen LogP contribution in [0.3, 0.4) is 0 Å². The van der Waals surface area contributed by atoms with Gasteiger partial charge in [0, 0.05) is 22.3 Å². The van der Waals surface area contributed by atoms with Crippen molar-refractivity contribution in [3.63, 3.8) is 0 Å². The second-order valence-electron chi connectivity index (χ2n) is 14.3. The SMILES string of the molecule is N#Cc1ccc(C(=O)c2ccc(Oc3ccc(S(=O)(=O)c4ccc(Oc5ccc(S(=O)(=O)c6ccc(Oc7ccc(C(=O)c8ccc(C#N)cc8)cc7)cc6)cc5)cc4)cc3)cc2)cc1. The normalized spacial score (nSPS) is 11.1. The van der Waals surface area contributed by atoms with Gasteiger partial charge in [-0.3, -0.25) is 9.59 Å². The molecule has 0 atom stereocenters. The Hall–Kier alpha value is -8.62. The van der Waals surface area contributed by atoms with Crippen molar-refractivity contribution in [3.05, 3.63) is 228 Å². The van der Waals surface area contributed by atoms with E-state index in [0.717, 1.165) is 0 Å². The molecule has 65 heavy (non-hydrogen) atoms. The van der Waals surface area contributed by atoms with Gasteiger partial charge in [0.1, 0.15) is 34.5 Å². The highest BCUT2D eigenvalue weighted by Gasteiger charge is 2.20. The first-order valence-corrected chi connectivity index (χ1v) is 22.6. The maximum absolute atomic E-state index is 13.5. The van der Waals surface area contributed by atoms with Gasteiger partial charge in [-0.25, -0.2) is 16.8 Å². The van der Waals surface area contributed by atoms with Crippen molar-refractivity contribution in [1.82, 2.24) is 0 Å². The summed E-state index contributed by atoms with van der Waals surface area (Å²) >= 11 is 0. The van der Waals surface area contributed by atoms with Gasteiger partial charge in [-0.2, -0.15) is 10.5 Å². The zero-order chi connectivity index (χ0) is 45.6. The average molecular weight is 893 g/mol. The van der Waals surface area contributed by atoms with Crippen molar-refractivity contribution >= 4 is 31.2 Å². The van der Waals surface area contributed by atoms with E-state index in [-0.39, 0.29) is 31.1 Å². The minimum atomic E-state index is -3.91. The fourth-order valence-electron chi connectivity index (χ4n) is 6.50. The number of ketones is 2. The van der Waals surface area contributed by atoms with Crippen molar-refractivity contribution in [2.45, 2.75) is 19.6 Å². The van der Waals surface area contributed by atoms with Gasteiger partial charge in [-0.15, -0.1) is 0 Å². The fourth-order valence-corrected chi connectivity index (χ4v) is 9.02. The Morgan fingerprint density at radius 2 is 0.492 bits per heavy atom. The van der Waals surface area contributed by atoms with Crippen LogP contribution in [0.4, 0.5) is 0 Å². The molecule has 0 fully saturated rings. The molecule has 0 aliphatic carbocycles. The van der Waals surface area contributed by atoms with E-state index in [4.69, 9.17) is 24.7 Å². The lowest BCUT2D eigenvalue weighted by Gasteiger charge is -2.11. The average Bonchev–Trinajstić information content (AvgIpc) is 3.35. The number of nitriles is 2. The predicted molar refractivity (Wildman–Crippen MR) is 239 cm³/mol. The molecule has 8 rings (SSSR count). The molecule has 0 aliphatic rings. The largest absolute Gasteiger partial charge is 0.457 e. The quantitative estimate of drug-likeness (QED) is 0.0949. The van der Waals surface area contributed by atoms with E-state index in [9.17, 15) is 26.4 Å². The van der Waals surface area contributed by atoms with E-state index in [1.165, 1.54) is 97.1 Å². The number of hydrogen-bond acceptors (Lipinski definition) is 11. The molecule has 0 N–H and O–H groups in total. The van der Waals surface area contributed by atoms with Crippen LogP contribution in [0.25, 0.3) is 0 Å². The Bertz CT molecular complexity index is 3110. The van der Waals surface area contributed by atoms with Crippen molar-refractivity contribution in [2.75, 3.05) is 0 Å². The lowest BCUT2D eigenvalue weighted by Crippen LogP contribution is -2.02. The van der Waals surface area contributed by atoms with Crippen molar-refractivity contribution in [3.8, 4) is 46.6 Å². The van der Waals surface area contributed by atoms with Crippen LogP contribution in [0.15, 0.2) is 214 Å². The highest BCUT2D eigenvalue weighted by atomic mass is 32.2. The highest BCUT2D eigenvalue weighted by molar-refractivity contribution is 7.91. The molecule has 0 unspecified atom stereocenters. The standard InChI is InChI=1S/C52H32N2O9S2/c53-33-35-1-5-37(6-2-35)51(55)39-9-13-41(14-10-39)61-43-17-25-47(26-18-43)64(57,58)49-29-21-45(22-30-49)63-46-23-31-50(32-24-46)65(59,60)48-27-19-44(20-28-48)62-42-15-11-40(12-16-42)52(56)38-7-3-36(34-54)4-8-38/h1-32H. The molecule has 0 saturated carbocycles. The van der Waals surface area contributed by atoms with Crippen LogP contribution >= 0.6 is 0 Å². The molecule has 13 heteroatoms. The summed E-state index contributed by atoms with van der Waals surface area (Å²) in [4.78, 5) is 25.8. The molecule has 0 heterocycles. The summed E-state index contributed by atoms with van der Waals surface area (Å²) in [5.74, 6) is 1.92. The molecule has 316 valence electrons. The van der Waals surface area contributed by atoms with Crippen LogP contribution in [0.1, 0.15) is 43.0 Å². The molecule has 8 aromatic carbocycles. The summed E-state index contributed by atoms with van der Waals surface area (Å²) in [6.07, 6.45) is 0. The van der Waals surface area contributed by atoms with Gasteiger partial charge in [0.15, 0.2) is 11.6 Å². The number of benzene rings is 8. The number of carbonyl (C=O) groups excluding carboxylic acids is 2. The van der Waals surface area contributed by atoms with Crippen LogP contribution in [0.2, 0.25) is 0 Å². The van der Waals surface area contributed by atoms with Gasteiger partial charge in [-0.1, -0.05) is 0 Å². The summed E-state index contributed by atoms with van der Waals surface area (Å²) in [5, 5.41) is 18.0. The summed E-state index contributed by atoms with van der Waals surface area (Å²) < 4.78 is 71.5. The zero-order valence-electron chi connectivity index (χ0n) is 33.9. The fraction of sp³-hybridized carbons (Fsp3) is 0. The minimum absolute atomic E-state index is 0.0318. The molecule has 0 saturated heterocycles. The molecule has 8 aromatic rings. The summed E-state index contributed by atoms with van der Waals surface area (Å²) in [6, 6.07) is 53.3. The van der Waals surface area contributed by atoms with E-state index in [2.05, 4.69) is 0 Å². The Kier molecular flexibility index (Phi) is 12.2. The molecule has 0 amide bonds. The van der Waals surface area contributed by atoms with Crippen LogP contribution in [0, 0.1) is 22.7 Å². The van der Waals surface area contributed by atoms with Gasteiger partial charge in [-0.05, 0) is 194 Å². The Balaban J connectivity index is 0.843. The number of nitrogens with zero attached hydrogens (tertiary/aromatic N) is 2. The first-order valence-electron chi connectivity index (χ1n) is 19.6. The monoisotopic (exact) mass is 892 g/mol.